The van der Waals surface area contributed by atoms with Crippen LogP contribution in [0.4, 0.5) is 0 Å². The first kappa shape index (κ1) is 15.2. The van der Waals surface area contributed by atoms with Crippen molar-refractivity contribution in [3.63, 3.8) is 0 Å². The van der Waals surface area contributed by atoms with Gasteiger partial charge in [0.05, 0.1) is 32.6 Å². The van der Waals surface area contributed by atoms with E-state index in [4.69, 9.17) is 0 Å². The molecule has 0 radical (unpaired) electrons. The van der Waals surface area contributed by atoms with Crippen LogP contribution in [0.2, 0.25) is 0 Å². The van der Waals surface area contributed by atoms with Crippen LogP contribution >= 0.6 is 0 Å². The van der Waals surface area contributed by atoms with Gasteiger partial charge < -0.3 is 15.3 Å². The Morgan fingerprint density at radius 1 is 1.22 bits per heavy atom. The second kappa shape index (κ2) is 6.88. The Kier molecular flexibility index (Phi) is 5.79. The molecule has 0 aliphatic heterocycles. The zero-order valence-corrected chi connectivity index (χ0v) is 12.1. The lowest BCUT2D eigenvalue weighted by atomic mass is 9.93. The average Bonchev–Trinajstić information content (AvgIpc) is 2.28. The van der Waals surface area contributed by atoms with Crippen LogP contribution in [0.1, 0.15) is 25.5 Å². The number of aliphatic hydroxyl groups is 1. The van der Waals surface area contributed by atoms with Gasteiger partial charge in [0.1, 0.15) is 12.6 Å². The standard InChI is InChI=1S/C15H26N2O/c1-15(2,12-17(3)4)11-16-10-14(18)13-8-6-5-7-9-13/h5-9,14,16,18H,10-12H2,1-4H3/p+2/t14-/m0/s1. The Bertz CT molecular complexity index is 336. The normalized spacial score (nSPS) is 13.9. The van der Waals surface area contributed by atoms with Gasteiger partial charge in [0.2, 0.25) is 0 Å². The average molecular weight is 252 g/mol. The van der Waals surface area contributed by atoms with E-state index in [1.807, 2.05) is 30.3 Å². The van der Waals surface area contributed by atoms with Crippen molar-refractivity contribution >= 4 is 0 Å². The molecule has 3 nitrogen and oxygen atoms in total. The van der Waals surface area contributed by atoms with Gasteiger partial charge in [-0.2, -0.15) is 0 Å². The third-order valence-corrected chi connectivity index (χ3v) is 3.10. The number of hydrogen-bond acceptors (Lipinski definition) is 1. The molecule has 3 heteroatoms. The second-order valence-electron chi connectivity index (χ2n) is 6.20. The maximum Gasteiger partial charge on any atom is 0.128 e. The number of aliphatic hydroxyl groups excluding tert-OH is 1. The van der Waals surface area contributed by atoms with E-state index in [0.29, 0.717) is 5.41 Å². The summed E-state index contributed by atoms with van der Waals surface area (Å²) in [6.07, 6.45) is -0.367. The van der Waals surface area contributed by atoms with E-state index in [2.05, 4.69) is 33.3 Å². The summed E-state index contributed by atoms with van der Waals surface area (Å²) in [7, 11) is 4.36. The lowest BCUT2D eigenvalue weighted by Crippen LogP contribution is -3.08. The molecular weight excluding hydrogens is 224 g/mol. The molecule has 0 bridgehead atoms. The molecule has 1 atom stereocenters. The Morgan fingerprint density at radius 3 is 2.39 bits per heavy atom. The zero-order chi connectivity index (χ0) is 13.6. The van der Waals surface area contributed by atoms with Crippen LogP contribution in [0.5, 0.6) is 0 Å². The molecule has 1 rings (SSSR count). The minimum absolute atomic E-state index is 0.301. The van der Waals surface area contributed by atoms with Gasteiger partial charge in [-0.1, -0.05) is 30.3 Å². The first-order valence-electron chi connectivity index (χ1n) is 6.74. The van der Waals surface area contributed by atoms with Crippen molar-refractivity contribution in [3.8, 4) is 0 Å². The fourth-order valence-corrected chi connectivity index (χ4v) is 2.47. The molecule has 0 aliphatic rings. The van der Waals surface area contributed by atoms with Crippen molar-refractivity contribution in [1.29, 1.82) is 0 Å². The van der Waals surface area contributed by atoms with Crippen molar-refractivity contribution in [3.05, 3.63) is 35.9 Å². The lowest BCUT2D eigenvalue weighted by molar-refractivity contribution is -0.868. The van der Waals surface area contributed by atoms with Crippen LogP contribution in [0.25, 0.3) is 0 Å². The number of nitrogens with one attached hydrogen (secondary N) is 1. The molecule has 0 saturated heterocycles. The highest BCUT2D eigenvalue weighted by Crippen LogP contribution is 2.10. The van der Waals surface area contributed by atoms with Gasteiger partial charge in [0.25, 0.3) is 0 Å². The van der Waals surface area contributed by atoms with E-state index in [1.165, 1.54) is 4.90 Å². The van der Waals surface area contributed by atoms with Crippen LogP contribution in [0.3, 0.4) is 0 Å². The van der Waals surface area contributed by atoms with E-state index < -0.39 is 0 Å². The number of rotatable bonds is 7. The molecule has 0 unspecified atom stereocenters. The van der Waals surface area contributed by atoms with Crippen molar-refractivity contribution in [2.24, 2.45) is 5.41 Å². The molecule has 4 N–H and O–H groups in total. The highest BCUT2D eigenvalue weighted by atomic mass is 16.3. The molecule has 102 valence electrons. The van der Waals surface area contributed by atoms with Crippen LogP contribution in [-0.4, -0.2) is 38.8 Å². The van der Waals surface area contributed by atoms with Gasteiger partial charge in [-0.15, -0.1) is 0 Å². The largest absolute Gasteiger partial charge is 0.382 e. The molecule has 18 heavy (non-hydrogen) atoms. The Hall–Kier alpha value is -0.900. The minimum atomic E-state index is -0.367. The van der Waals surface area contributed by atoms with Crippen LogP contribution < -0.4 is 10.2 Å². The third kappa shape index (κ3) is 5.63. The van der Waals surface area contributed by atoms with E-state index in [9.17, 15) is 5.11 Å². The maximum atomic E-state index is 10.1. The van der Waals surface area contributed by atoms with Gasteiger partial charge in [0, 0.05) is 0 Å². The highest BCUT2D eigenvalue weighted by Gasteiger charge is 2.24. The zero-order valence-electron chi connectivity index (χ0n) is 12.1. The summed E-state index contributed by atoms with van der Waals surface area (Å²) in [6.45, 7) is 7.49. The predicted molar refractivity (Wildman–Crippen MR) is 74.5 cm³/mol. The molecule has 0 amide bonds. The summed E-state index contributed by atoms with van der Waals surface area (Å²) in [4.78, 5) is 1.47. The van der Waals surface area contributed by atoms with Gasteiger partial charge in [-0.25, -0.2) is 0 Å². The smallest absolute Gasteiger partial charge is 0.128 e. The maximum absolute atomic E-state index is 10.1. The second-order valence-corrected chi connectivity index (χ2v) is 6.20. The van der Waals surface area contributed by atoms with E-state index >= 15 is 0 Å². The van der Waals surface area contributed by atoms with E-state index in [0.717, 1.165) is 25.2 Å². The van der Waals surface area contributed by atoms with Crippen LogP contribution in [-0.2, 0) is 0 Å². The molecule has 0 spiro atoms. The fourth-order valence-electron chi connectivity index (χ4n) is 2.47. The summed E-state index contributed by atoms with van der Waals surface area (Å²) < 4.78 is 0. The third-order valence-electron chi connectivity index (χ3n) is 3.10. The van der Waals surface area contributed by atoms with Gasteiger partial charge in [0.15, 0.2) is 0 Å². The number of quaternary nitrogens is 2. The van der Waals surface area contributed by atoms with Gasteiger partial charge in [-0.3, -0.25) is 0 Å². The quantitative estimate of drug-likeness (QED) is 0.599. The summed E-state index contributed by atoms with van der Waals surface area (Å²) in [5.41, 5.74) is 1.31. The predicted octanol–water partition coefficient (Wildman–Crippen LogP) is -0.546. The summed E-state index contributed by atoms with van der Waals surface area (Å²) >= 11 is 0. The number of benzene rings is 1. The highest BCUT2D eigenvalue weighted by molar-refractivity contribution is 5.16. The van der Waals surface area contributed by atoms with Gasteiger partial charge in [-0.05, 0) is 19.4 Å². The molecule has 0 fully saturated rings. The van der Waals surface area contributed by atoms with Crippen molar-refractivity contribution < 1.29 is 15.3 Å². The Balaban J connectivity index is 2.33. The molecule has 0 saturated carbocycles. The number of hydrogen-bond donors (Lipinski definition) is 3. The molecule has 0 aliphatic carbocycles. The van der Waals surface area contributed by atoms with E-state index in [1.54, 1.807) is 0 Å². The number of nitrogens with two attached hydrogens (primary N) is 1. The van der Waals surface area contributed by atoms with Crippen molar-refractivity contribution in [2.45, 2.75) is 20.0 Å². The van der Waals surface area contributed by atoms with Crippen LogP contribution in [0, 0.1) is 5.41 Å². The Morgan fingerprint density at radius 2 is 1.83 bits per heavy atom. The molecule has 1 aromatic rings. The summed E-state index contributed by atoms with van der Waals surface area (Å²) in [6, 6.07) is 9.87. The first-order chi connectivity index (χ1) is 8.41. The van der Waals surface area contributed by atoms with Gasteiger partial charge >= 0.3 is 0 Å². The monoisotopic (exact) mass is 252 g/mol. The fraction of sp³-hybridized carbons (Fsp3) is 0.600. The molecule has 0 heterocycles. The SMILES string of the molecule is C[NH+](C)CC(C)(C)C[NH2+]C[C@H](O)c1ccccc1. The summed E-state index contributed by atoms with van der Waals surface area (Å²) in [5.74, 6) is 0. The van der Waals surface area contributed by atoms with Crippen LogP contribution in [0.15, 0.2) is 30.3 Å². The van der Waals surface area contributed by atoms with Crippen molar-refractivity contribution in [1.82, 2.24) is 0 Å². The lowest BCUT2D eigenvalue weighted by Gasteiger charge is -2.24. The minimum Gasteiger partial charge on any atom is -0.382 e. The molecular formula is C15H28N2O+2. The summed E-state index contributed by atoms with van der Waals surface area (Å²) in [5, 5.41) is 12.3. The molecule has 1 aromatic carbocycles. The van der Waals surface area contributed by atoms with Crippen molar-refractivity contribution in [2.75, 3.05) is 33.7 Å². The van der Waals surface area contributed by atoms with E-state index in [-0.39, 0.29) is 6.10 Å². The Labute approximate surface area is 111 Å². The topological polar surface area (TPSA) is 41.3 Å². The first-order valence-corrected chi connectivity index (χ1v) is 6.74. The molecule has 0 aromatic heterocycles.